The second-order valence-corrected chi connectivity index (χ2v) is 5.88. The van der Waals surface area contributed by atoms with Crippen molar-refractivity contribution in [2.45, 2.75) is 6.54 Å². The van der Waals surface area contributed by atoms with Crippen LogP contribution in [0.3, 0.4) is 0 Å². The van der Waals surface area contributed by atoms with E-state index < -0.39 is 0 Å². The maximum absolute atomic E-state index is 5.70. The second-order valence-electron chi connectivity index (χ2n) is 3.59. The van der Waals surface area contributed by atoms with Crippen molar-refractivity contribution in [1.82, 2.24) is 4.98 Å². The van der Waals surface area contributed by atoms with Gasteiger partial charge in [-0.2, -0.15) is 0 Å². The SMILES string of the molecule is CN(Cc1csc(Br)c1)c1cncc(N)c1. The Morgan fingerprint density at radius 2 is 2.25 bits per heavy atom. The zero-order chi connectivity index (χ0) is 11.5. The van der Waals surface area contributed by atoms with E-state index in [0.29, 0.717) is 5.69 Å². The van der Waals surface area contributed by atoms with Crippen molar-refractivity contribution in [3.05, 3.63) is 39.3 Å². The Kier molecular flexibility index (Phi) is 3.46. The molecule has 16 heavy (non-hydrogen) atoms. The van der Waals surface area contributed by atoms with Crippen LogP contribution in [0.25, 0.3) is 0 Å². The van der Waals surface area contributed by atoms with Gasteiger partial charge in [-0.25, -0.2) is 0 Å². The van der Waals surface area contributed by atoms with E-state index in [0.717, 1.165) is 16.0 Å². The molecule has 0 radical (unpaired) electrons. The number of thiophene rings is 1. The molecular formula is C11H12BrN3S. The molecule has 0 fully saturated rings. The molecule has 0 bridgehead atoms. The Morgan fingerprint density at radius 3 is 2.88 bits per heavy atom. The van der Waals surface area contributed by atoms with Crippen LogP contribution in [-0.2, 0) is 6.54 Å². The minimum Gasteiger partial charge on any atom is -0.397 e. The normalized spacial score (nSPS) is 10.4. The summed E-state index contributed by atoms with van der Waals surface area (Å²) >= 11 is 5.15. The highest BCUT2D eigenvalue weighted by atomic mass is 79.9. The van der Waals surface area contributed by atoms with Crippen molar-refractivity contribution >= 4 is 38.6 Å². The molecule has 2 aromatic heterocycles. The maximum atomic E-state index is 5.70. The number of aromatic nitrogens is 1. The molecule has 0 aromatic carbocycles. The van der Waals surface area contributed by atoms with Gasteiger partial charge in [0.05, 0.1) is 21.4 Å². The van der Waals surface area contributed by atoms with E-state index in [2.05, 4.69) is 37.3 Å². The van der Waals surface area contributed by atoms with Crippen LogP contribution in [0.5, 0.6) is 0 Å². The van der Waals surface area contributed by atoms with Crippen LogP contribution in [0.1, 0.15) is 5.56 Å². The first-order valence-corrected chi connectivity index (χ1v) is 6.47. The summed E-state index contributed by atoms with van der Waals surface area (Å²) in [6.45, 7) is 0.854. The second kappa shape index (κ2) is 4.84. The van der Waals surface area contributed by atoms with E-state index in [-0.39, 0.29) is 0 Å². The third-order valence-corrected chi connectivity index (χ3v) is 3.78. The largest absolute Gasteiger partial charge is 0.397 e. The van der Waals surface area contributed by atoms with Gasteiger partial charge in [0.15, 0.2) is 0 Å². The predicted octanol–water partition coefficient (Wildman–Crippen LogP) is 3.12. The van der Waals surface area contributed by atoms with Crippen LogP contribution in [0, 0.1) is 0 Å². The number of rotatable bonds is 3. The number of hydrogen-bond donors (Lipinski definition) is 1. The van der Waals surface area contributed by atoms with Crippen LogP contribution >= 0.6 is 27.3 Å². The molecule has 0 amide bonds. The maximum Gasteiger partial charge on any atom is 0.0701 e. The third kappa shape index (κ3) is 2.74. The highest BCUT2D eigenvalue weighted by Crippen LogP contribution is 2.23. The zero-order valence-electron chi connectivity index (χ0n) is 8.85. The molecule has 3 nitrogen and oxygen atoms in total. The summed E-state index contributed by atoms with van der Waals surface area (Å²) in [5.74, 6) is 0. The first kappa shape index (κ1) is 11.4. The summed E-state index contributed by atoms with van der Waals surface area (Å²) in [4.78, 5) is 6.20. The van der Waals surface area contributed by atoms with Gasteiger partial charge in [0.2, 0.25) is 0 Å². The van der Waals surface area contributed by atoms with Crippen molar-refractivity contribution in [3.63, 3.8) is 0 Å². The van der Waals surface area contributed by atoms with Gasteiger partial charge in [0, 0.05) is 19.8 Å². The quantitative estimate of drug-likeness (QED) is 0.946. The van der Waals surface area contributed by atoms with Gasteiger partial charge in [-0.15, -0.1) is 11.3 Å². The molecule has 2 heterocycles. The minimum absolute atomic E-state index is 0.691. The Hall–Kier alpha value is -1.07. The van der Waals surface area contributed by atoms with Gasteiger partial charge in [-0.3, -0.25) is 4.98 Å². The van der Waals surface area contributed by atoms with Gasteiger partial charge in [-0.1, -0.05) is 0 Å². The lowest BCUT2D eigenvalue weighted by atomic mass is 10.3. The minimum atomic E-state index is 0.691. The fourth-order valence-corrected chi connectivity index (χ4v) is 2.65. The Bertz CT molecular complexity index is 484. The first-order valence-electron chi connectivity index (χ1n) is 4.80. The van der Waals surface area contributed by atoms with Gasteiger partial charge >= 0.3 is 0 Å². The van der Waals surface area contributed by atoms with E-state index in [9.17, 15) is 0 Å². The molecule has 2 N–H and O–H groups in total. The number of nitrogens with two attached hydrogens (primary N) is 1. The summed E-state index contributed by atoms with van der Waals surface area (Å²) in [6.07, 6.45) is 3.47. The fourth-order valence-electron chi connectivity index (χ4n) is 1.45. The summed E-state index contributed by atoms with van der Waals surface area (Å²) in [5.41, 5.74) is 8.70. The molecule has 2 rings (SSSR count). The average Bonchev–Trinajstić information content (AvgIpc) is 2.64. The van der Waals surface area contributed by atoms with Crippen molar-refractivity contribution in [3.8, 4) is 0 Å². The smallest absolute Gasteiger partial charge is 0.0701 e. The van der Waals surface area contributed by atoms with Crippen LogP contribution < -0.4 is 10.6 Å². The van der Waals surface area contributed by atoms with Crippen LogP contribution in [0.15, 0.2) is 33.7 Å². The van der Waals surface area contributed by atoms with E-state index in [4.69, 9.17) is 5.73 Å². The lowest BCUT2D eigenvalue weighted by Crippen LogP contribution is -2.16. The molecular weight excluding hydrogens is 286 g/mol. The number of pyridine rings is 1. The van der Waals surface area contributed by atoms with Crippen LogP contribution in [0.2, 0.25) is 0 Å². The van der Waals surface area contributed by atoms with Gasteiger partial charge in [-0.05, 0) is 39.0 Å². The summed E-state index contributed by atoms with van der Waals surface area (Å²) < 4.78 is 1.15. The molecule has 0 saturated heterocycles. The molecule has 0 spiro atoms. The van der Waals surface area contributed by atoms with E-state index in [1.807, 2.05) is 19.3 Å². The van der Waals surface area contributed by atoms with Crippen molar-refractivity contribution in [2.24, 2.45) is 0 Å². The topological polar surface area (TPSA) is 42.2 Å². The van der Waals surface area contributed by atoms with Crippen molar-refractivity contribution < 1.29 is 0 Å². The number of hydrogen-bond acceptors (Lipinski definition) is 4. The van der Waals surface area contributed by atoms with E-state index in [1.54, 1.807) is 17.5 Å². The number of nitrogens with zero attached hydrogens (tertiary/aromatic N) is 2. The van der Waals surface area contributed by atoms with Gasteiger partial charge in [0.1, 0.15) is 0 Å². The van der Waals surface area contributed by atoms with E-state index >= 15 is 0 Å². The highest BCUT2D eigenvalue weighted by molar-refractivity contribution is 9.11. The first-order chi connectivity index (χ1) is 7.65. The predicted molar refractivity (Wildman–Crippen MR) is 72.8 cm³/mol. The molecule has 0 saturated carbocycles. The standard InChI is InChI=1S/C11H12BrN3S/c1-15(6-8-2-11(12)16-7-8)10-3-9(13)4-14-5-10/h2-5,7H,6,13H2,1H3. The third-order valence-electron chi connectivity index (χ3n) is 2.23. The van der Waals surface area contributed by atoms with Crippen LogP contribution in [-0.4, -0.2) is 12.0 Å². The zero-order valence-corrected chi connectivity index (χ0v) is 11.3. The number of nitrogen functional groups attached to an aromatic ring is 1. The molecule has 2 aromatic rings. The van der Waals surface area contributed by atoms with Crippen LogP contribution in [0.4, 0.5) is 11.4 Å². The monoisotopic (exact) mass is 297 g/mol. The Labute approximate surface area is 107 Å². The summed E-state index contributed by atoms with van der Waals surface area (Å²) in [5, 5.41) is 2.14. The summed E-state index contributed by atoms with van der Waals surface area (Å²) in [6, 6.07) is 4.05. The Morgan fingerprint density at radius 1 is 1.44 bits per heavy atom. The fraction of sp³-hybridized carbons (Fsp3) is 0.182. The Balaban J connectivity index is 2.11. The molecule has 0 aliphatic carbocycles. The van der Waals surface area contributed by atoms with Crippen molar-refractivity contribution in [2.75, 3.05) is 17.7 Å². The molecule has 84 valence electrons. The summed E-state index contributed by atoms with van der Waals surface area (Å²) in [7, 11) is 2.03. The van der Waals surface area contributed by atoms with E-state index in [1.165, 1.54) is 5.56 Å². The highest BCUT2D eigenvalue weighted by Gasteiger charge is 2.04. The molecule has 5 heteroatoms. The molecule has 0 aliphatic heterocycles. The lowest BCUT2D eigenvalue weighted by Gasteiger charge is -2.18. The molecule has 0 atom stereocenters. The van der Waals surface area contributed by atoms with Crippen molar-refractivity contribution in [1.29, 1.82) is 0 Å². The molecule has 0 unspecified atom stereocenters. The number of halogens is 1. The number of anilines is 2. The molecule has 0 aliphatic rings. The van der Waals surface area contributed by atoms with Gasteiger partial charge in [0.25, 0.3) is 0 Å². The average molecular weight is 298 g/mol. The van der Waals surface area contributed by atoms with Gasteiger partial charge < -0.3 is 10.6 Å². The lowest BCUT2D eigenvalue weighted by molar-refractivity contribution is 0.922.